The van der Waals surface area contributed by atoms with Crippen molar-refractivity contribution in [2.75, 3.05) is 83.5 Å². The molecule has 2 fully saturated rings. The van der Waals surface area contributed by atoms with Crippen LogP contribution in [0.2, 0.25) is 0 Å². The number of ether oxygens (including phenoxy) is 3. The lowest BCUT2D eigenvalue weighted by molar-refractivity contribution is 0.0524. The Morgan fingerprint density at radius 3 is 2.55 bits per heavy atom. The van der Waals surface area contributed by atoms with Gasteiger partial charge in [0.1, 0.15) is 23.2 Å². The van der Waals surface area contributed by atoms with E-state index in [4.69, 9.17) is 14.2 Å². The predicted octanol–water partition coefficient (Wildman–Crippen LogP) is 3.68. The molecule has 1 amide bonds. The summed E-state index contributed by atoms with van der Waals surface area (Å²) in [6, 6.07) is 9.92. The van der Waals surface area contributed by atoms with Crippen LogP contribution in [0.3, 0.4) is 0 Å². The molecule has 3 heterocycles. The number of carbonyl (C=O) groups excluding carboxylic acids is 2. The van der Waals surface area contributed by atoms with Crippen molar-refractivity contribution >= 4 is 23.6 Å². The topological polar surface area (TPSA) is 111 Å². The molecule has 0 radical (unpaired) electrons. The molecule has 0 spiro atoms. The Bertz CT molecular complexity index is 1300. The molecule has 1 unspecified atom stereocenters. The maximum atomic E-state index is 13.0. The summed E-state index contributed by atoms with van der Waals surface area (Å²) in [5.74, 6) is 1.13. The number of amides is 1. The number of hydrogen-bond acceptors (Lipinski definition) is 10. The lowest BCUT2D eigenvalue weighted by Crippen LogP contribution is -2.50. The average Bonchev–Trinajstić information content (AvgIpc) is 3.00. The number of nitrogens with zero attached hydrogens (tertiary/aromatic N) is 6. The highest BCUT2D eigenvalue weighted by Gasteiger charge is 2.29. The molecule has 0 saturated carbocycles. The smallest absolute Gasteiger partial charge is 0.409 e. The summed E-state index contributed by atoms with van der Waals surface area (Å²) in [5, 5.41) is 9.40. The molecule has 2 aromatic rings. The number of methoxy groups -OCH3 is 1. The number of esters is 1. The average molecular weight is 579 g/mol. The second-order valence-corrected chi connectivity index (χ2v) is 11.0. The molecule has 2 aliphatic rings. The van der Waals surface area contributed by atoms with Gasteiger partial charge >= 0.3 is 12.1 Å². The van der Waals surface area contributed by atoms with Gasteiger partial charge in [-0.05, 0) is 45.4 Å². The fourth-order valence-electron chi connectivity index (χ4n) is 5.50. The van der Waals surface area contributed by atoms with E-state index in [1.54, 1.807) is 31.9 Å². The molecule has 0 bridgehead atoms. The lowest BCUT2D eigenvalue weighted by Gasteiger charge is -2.36. The molecule has 42 heavy (non-hydrogen) atoms. The van der Waals surface area contributed by atoms with Crippen LogP contribution in [0.1, 0.15) is 46.9 Å². The quantitative estimate of drug-likeness (QED) is 0.409. The summed E-state index contributed by atoms with van der Waals surface area (Å²) in [5.41, 5.74) is 3.40. The van der Waals surface area contributed by atoms with Gasteiger partial charge in [0.2, 0.25) is 0 Å². The van der Waals surface area contributed by atoms with Crippen molar-refractivity contribution in [3.8, 4) is 11.8 Å². The van der Waals surface area contributed by atoms with Crippen LogP contribution in [0, 0.1) is 24.2 Å². The first-order chi connectivity index (χ1) is 20.2. The van der Waals surface area contributed by atoms with Crippen molar-refractivity contribution in [1.29, 1.82) is 5.26 Å². The SMILES string of the molecule is CCOC(=O)c1cc(C#N)c(C)nc1N1CCN(C(=O)OCC2CCCN(Cc3ccc(N(C)C)cc3OC)C2)CC1. The zero-order valence-corrected chi connectivity index (χ0v) is 25.4. The van der Waals surface area contributed by atoms with Crippen molar-refractivity contribution in [3.63, 3.8) is 0 Å². The third-order valence-electron chi connectivity index (χ3n) is 7.87. The van der Waals surface area contributed by atoms with Crippen LogP contribution < -0.4 is 14.5 Å². The molecule has 1 atom stereocenters. The lowest BCUT2D eigenvalue weighted by atomic mass is 9.98. The number of anilines is 2. The predicted molar refractivity (Wildman–Crippen MR) is 160 cm³/mol. The summed E-state index contributed by atoms with van der Waals surface area (Å²) < 4.78 is 16.6. The van der Waals surface area contributed by atoms with Gasteiger partial charge in [0, 0.05) is 76.6 Å². The van der Waals surface area contributed by atoms with E-state index < -0.39 is 5.97 Å². The van der Waals surface area contributed by atoms with E-state index in [1.807, 2.05) is 19.0 Å². The van der Waals surface area contributed by atoms with E-state index in [0.29, 0.717) is 49.9 Å². The standard InChI is InChI=1S/C31H42N6O5/c1-6-41-30(38)27-16-25(18-32)22(2)33-29(27)36-12-14-37(15-13-36)31(39)42-21-23-8-7-11-35(19-23)20-24-9-10-26(34(3)4)17-28(24)40-5/h9-10,16-17,23H,6-8,11-15,19-21H2,1-5H3. The van der Waals surface area contributed by atoms with Crippen LogP contribution in [-0.2, 0) is 16.0 Å². The molecule has 1 aromatic carbocycles. The van der Waals surface area contributed by atoms with Crippen molar-refractivity contribution < 1.29 is 23.8 Å². The number of carbonyl (C=O) groups is 2. The van der Waals surface area contributed by atoms with Crippen molar-refractivity contribution in [2.45, 2.75) is 33.2 Å². The minimum absolute atomic E-state index is 0.227. The molecule has 0 aliphatic carbocycles. The van der Waals surface area contributed by atoms with E-state index in [2.05, 4.69) is 39.1 Å². The van der Waals surface area contributed by atoms with Gasteiger partial charge in [-0.15, -0.1) is 0 Å². The highest BCUT2D eigenvalue weighted by molar-refractivity contribution is 5.95. The number of pyridine rings is 1. The fraction of sp³-hybridized carbons (Fsp3) is 0.548. The minimum atomic E-state index is -0.510. The summed E-state index contributed by atoms with van der Waals surface area (Å²) >= 11 is 0. The number of piperazine rings is 1. The number of piperidine rings is 1. The third-order valence-corrected chi connectivity index (χ3v) is 7.87. The largest absolute Gasteiger partial charge is 0.496 e. The third kappa shape index (κ3) is 7.42. The van der Waals surface area contributed by atoms with Crippen molar-refractivity contribution in [1.82, 2.24) is 14.8 Å². The first kappa shape index (κ1) is 30.9. The van der Waals surface area contributed by atoms with Crippen LogP contribution in [0.5, 0.6) is 5.75 Å². The van der Waals surface area contributed by atoms with Gasteiger partial charge in [-0.25, -0.2) is 14.6 Å². The number of nitriles is 1. The van der Waals surface area contributed by atoms with Crippen LogP contribution in [0.15, 0.2) is 24.3 Å². The van der Waals surface area contributed by atoms with Gasteiger partial charge in [-0.1, -0.05) is 6.07 Å². The molecule has 11 heteroatoms. The number of aromatic nitrogens is 1. The van der Waals surface area contributed by atoms with Crippen molar-refractivity contribution in [3.05, 3.63) is 46.6 Å². The summed E-state index contributed by atoms with van der Waals surface area (Å²) in [6.07, 6.45) is 1.76. The molecular weight excluding hydrogens is 536 g/mol. The Labute approximate surface area is 248 Å². The Kier molecular flexibility index (Phi) is 10.5. The Balaban J connectivity index is 1.29. The van der Waals surface area contributed by atoms with Gasteiger partial charge < -0.3 is 28.9 Å². The minimum Gasteiger partial charge on any atom is -0.496 e. The number of likely N-dealkylation sites (tertiary alicyclic amines) is 1. The maximum absolute atomic E-state index is 13.0. The molecule has 1 aromatic heterocycles. The number of benzene rings is 1. The molecular formula is C31H42N6O5. The van der Waals surface area contributed by atoms with E-state index in [1.165, 1.54) is 0 Å². The monoisotopic (exact) mass is 578 g/mol. The first-order valence-electron chi connectivity index (χ1n) is 14.6. The van der Waals surface area contributed by atoms with Crippen LogP contribution in [0.4, 0.5) is 16.3 Å². The molecule has 226 valence electrons. The van der Waals surface area contributed by atoms with Gasteiger partial charge in [0.15, 0.2) is 0 Å². The highest BCUT2D eigenvalue weighted by atomic mass is 16.6. The zero-order valence-electron chi connectivity index (χ0n) is 25.4. The fourth-order valence-corrected chi connectivity index (χ4v) is 5.50. The molecule has 11 nitrogen and oxygen atoms in total. The normalized spacial score (nSPS) is 17.4. The van der Waals surface area contributed by atoms with E-state index in [9.17, 15) is 14.9 Å². The second-order valence-electron chi connectivity index (χ2n) is 11.0. The number of aryl methyl sites for hydroxylation is 1. The van der Waals surface area contributed by atoms with Gasteiger partial charge in [-0.3, -0.25) is 4.90 Å². The Morgan fingerprint density at radius 1 is 1.12 bits per heavy atom. The summed E-state index contributed by atoms with van der Waals surface area (Å²) in [4.78, 5) is 38.2. The van der Waals surface area contributed by atoms with Crippen LogP contribution in [-0.4, -0.2) is 101 Å². The van der Waals surface area contributed by atoms with Crippen LogP contribution >= 0.6 is 0 Å². The van der Waals surface area contributed by atoms with E-state index >= 15 is 0 Å². The molecule has 2 saturated heterocycles. The van der Waals surface area contributed by atoms with Gasteiger partial charge in [0.05, 0.1) is 31.6 Å². The Hall–Kier alpha value is -4.04. The van der Waals surface area contributed by atoms with Crippen molar-refractivity contribution in [2.24, 2.45) is 5.92 Å². The molecule has 2 aliphatic heterocycles. The van der Waals surface area contributed by atoms with Gasteiger partial charge in [-0.2, -0.15) is 5.26 Å². The first-order valence-corrected chi connectivity index (χ1v) is 14.6. The molecule has 0 N–H and O–H groups in total. The number of hydrogen-bond donors (Lipinski definition) is 0. The van der Waals surface area contributed by atoms with Crippen LogP contribution in [0.25, 0.3) is 0 Å². The Morgan fingerprint density at radius 2 is 1.88 bits per heavy atom. The van der Waals surface area contributed by atoms with Gasteiger partial charge in [0.25, 0.3) is 0 Å². The zero-order chi connectivity index (χ0) is 30.2. The molecule has 4 rings (SSSR count). The summed E-state index contributed by atoms with van der Waals surface area (Å²) in [6.45, 7) is 8.62. The number of rotatable bonds is 9. The maximum Gasteiger partial charge on any atom is 0.409 e. The second kappa shape index (κ2) is 14.2. The van der Waals surface area contributed by atoms with E-state index in [-0.39, 0.29) is 24.2 Å². The van der Waals surface area contributed by atoms with E-state index in [0.717, 1.165) is 49.5 Å². The highest BCUT2D eigenvalue weighted by Crippen LogP contribution is 2.28. The summed E-state index contributed by atoms with van der Waals surface area (Å²) in [7, 11) is 5.73.